The van der Waals surface area contributed by atoms with E-state index in [1.54, 1.807) is 30.3 Å². The van der Waals surface area contributed by atoms with Gasteiger partial charge < -0.3 is 25.8 Å². The monoisotopic (exact) mass is 513 g/mol. The molecule has 3 aromatic rings. The van der Waals surface area contributed by atoms with E-state index in [1.807, 2.05) is 0 Å². The zero-order chi connectivity index (χ0) is 26.5. The van der Waals surface area contributed by atoms with Crippen LogP contribution >= 0.6 is 0 Å². The van der Waals surface area contributed by atoms with Gasteiger partial charge in [-0.25, -0.2) is 22.7 Å². The number of phenolic OH excluding ortho intramolecular Hbond substituents is 1. The van der Waals surface area contributed by atoms with Crippen LogP contribution in [-0.4, -0.2) is 54.7 Å². The molecule has 0 saturated heterocycles. The standard InChI is InChI=1S/C24H23N3O8S/c25-23(26)16-7-8-19(28)21(12-16)36(33,34)27-10-9-14-5-6-15(11-20(14)35-13-22(29)30)17-3-1-2-4-18(17)24(31)32/h1-8,11-12,27-28H,9-10,13H2,(H3,25,26)(H,29,30)(H,31,32). The second kappa shape index (κ2) is 10.9. The molecule has 0 unspecified atom stereocenters. The molecule has 0 atom stereocenters. The number of carbonyl (C=O) groups is 2. The minimum atomic E-state index is -4.17. The van der Waals surface area contributed by atoms with E-state index in [2.05, 4.69) is 4.72 Å². The topological polar surface area (TPSA) is 200 Å². The summed E-state index contributed by atoms with van der Waals surface area (Å²) in [7, 11) is -4.17. The number of nitrogen functional groups attached to an aromatic ring is 1. The molecule has 0 amide bonds. The zero-order valence-electron chi connectivity index (χ0n) is 18.8. The van der Waals surface area contributed by atoms with Crippen molar-refractivity contribution in [3.05, 3.63) is 77.4 Å². The summed E-state index contributed by atoms with van der Waals surface area (Å²) in [5.74, 6) is -3.08. The van der Waals surface area contributed by atoms with Gasteiger partial charge in [0, 0.05) is 12.1 Å². The van der Waals surface area contributed by atoms with Gasteiger partial charge in [0.15, 0.2) is 6.61 Å². The highest BCUT2D eigenvalue weighted by Gasteiger charge is 2.20. The van der Waals surface area contributed by atoms with Crippen molar-refractivity contribution in [2.24, 2.45) is 5.73 Å². The molecule has 36 heavy (non-hydrogen) atoms. The minimum absolute atomic E-state index is 0.0507. The predicted molar refractivity (Wildman–Crippen MR) is 130 cm³/mol. The van der Waals surface area contributed by atoms with Gasteiger partial charge in [-0.2, -0.15) is 0 Å². The molecule has 0 aliphatic carbocycles. The molecule has 0 spiro atoms. The number of phenols is 1. The SMILES string of the molecule is N=C(N)c1ccc(O)c(S(=O)(=O)NCCc2ccc(-c3ccccc3C(=O)O)cc2OCC(=O)O)c1. The average Bonchev–Trinajstić information content (AvgIpc) is 2.83. The molecule has 0 saturated carbocycles. The first kappa shape index (κ1) is 26.2. The molecular weight excluding hydrogens is 490 g/mol. The van der Waals surface area contributed by atoms with E-state index in [4.69, 9.17) is 21.0 Å². The maximum Gasteiger partial charge on any atom is 0.341 e. The van der Waals surface area contributed by atoms with Gasteiger partial charge >= 0.3 is 11.9 Å². The van der Waals surface area contributed by atoms with Crippen molar-refractivity contribution in [2.45, 2.75) is 11.3 Å². The fraction of sp³-hybridized carbons (Fsp3) is 0.125. The minimum Gasteiger partial charge on any atom is -0.507 e. The van der Waals surface area contributed by atoms with Gasteiger partial charge in [0.1, 0.15) is 22.2 Å². The number of carboxylic acid groups (broad SMARTS) is 2. The molecule has 3 rings (SSSR count). The van der Waals surface area contributed by atoms with Gasteiger partial charge in [-0.1, -0.05) is 30.3 Å². The Morgan fingerprint density at radius 3 is 2.42 bits per heavy atom. The summed E-state index contributed by atoms with van der Waals surface area (Å²) in [5.41, 5.74) is 6.91. The summed E-state index contributed by atoms with van der Waals surface area (Å²) in [6.07, 6.45) is 0.0855. The number of ether oxygens (including phenoxy) is 1. The van der Waals surface area contributed by atoms with E-state index < -0.39 is 39.2 Å². The number of amidine groups is 1. The number of sulfonamides is 1. The number of aromatic carboxylic acids is 1. The normalized spacial score (nSPS) is 11.1. The first-order chi connectivity index (χ1) is 17.0. The number of hydrogen-bond acceptors (Lipinski definition) is 7. The van der Waals surface area contributed by atoms with E-state index >= 15 is 0 Å². The zero-order valence-corrected chi connectivity index (χ0v) is 19.6. The first-order valence-electron chi connectivity index (χ1n) is 10.5. The fourth-order valence-corrected chi connectivity index (χ4v) is 4.57. The largest absolute Gasteiger partial charge is 0.507 e. The maximum atomic E-state index is 12.7. The number of benzene rings is 3. The van der Waals surface area contributed by atoms with Crippen molar-refractivity contribution in [1.29, 1.82) is 5.41 Å². The van der Waals surface area contributed by atoms with Crippen LogP contribution in [-0.2, 0) is 21.2 Å². The Labute approximate surface area is 206 Å². The van der Waals surface area contributed by atoms with Crippen molar-refractivity contribution in [1.82, 2.24) is 4.72 Å². The van der Waals surface area contributed by atoms with Gasteiger partial charge in [0.25, 0.3) is 0 Å². The molecule has 0 heterocycles. The highest BCUT2D eigenvalue weighted by molar-refractivity contribution is 7.89. The Morgan fingerprint density at radius 1 is 1.03 bits per heavy atom. The van der Waals surface area contributed by atoms with Gasteiger partial charge in [-0.3, -0.25) is 5.41 Å². The number of aliphatic carboxylic acids is 1. The third-order valence-electron chi connectivity index (χ3n) is 5.13. The van der Waals surface area contributed by atoms with Crippen LogP contribution in [0.1, 0.15) is 21.5 Å². The summed E-state index contributed by atoms with van der Waals surface area (Å²) in [5, 5.41) is 35.9. The molecular formula is C24H23N3O8S. The third-order valence-corrected chi connectivity index (χ3v) is 6.62. The highest BCUT2D eigenvalue weighted by Crippen LogP contribution is 2.30. The summed E-state index contributed by atoms with van der Waals surface area (Å²) >= 11 is 0. The summed E-state index contributed by atoms with van der Waals surface area (Å²) in [6, 6.07) is 14.5. The molecule has 0 fully saturated rings. The lowest BCUT2D eigenvalue weighted by Gasteiger charge is -2.14. The number of nitrogens with one attached hydrogen (secondary N) is 2. The van der Waals surface area contributed by atoms with Crippen LogP contribution in [0, 0.1) is 5.41 Å². The highest BCUT2D eigenvalue weighted by atomic mass is 32.2. The van der Waals surface area contributed by atoms with Crippen LogP contribution in [0.3, 0.4) is 0 Å². The molecule has 188 valence electrons. The quantitative estimate of drug-likeness (QED) is 0.164. The second-order valence-corrected chi connectivity index (χ2v) is 9.33. The molecule has 0 aliphatic rings. The molecule has 3 aromatic carbocycles. The molecule has 12 heteroatoms. The Bertz CT molecular complexity index is 1440. The summed E-state index contributed by atoms with van der Waals surface area (Å²) in [6.45, 7) is -0.797. The Hall–Kier alpha value is -4.42. The average molecular weight is 514 g/mol. The number of rotatable bonds is 11. The Morgan fingerprint density at radius 2 is 1.75 bits per heavy atom. The Balaban J connectivity index is 1.86. The van der Waals surface area contributed by atoms with E-state index in [0.717, 1.165) is 12.1 Å². The van der Waals surface area contributed by atoms with Crippen molar-refractivity contribution in [3.63, 3.8) is 0 Å². The molecule has 0 radical (unpaired) electrons. The van der Waals surface area contributed by atoms with E-state index in [1.165, 1.54) is 18.2 Å². The lowest BCUT2D eigenvalue weighted by atomic mass is 9.97. The van der Waals surface area contributed by atoms with Crippen LogP contribution in [0.5, 0.6) is 11.5 Å². The number of carboxylic acids is 2. The van der Waals surface area contributed by atoms with Crippen LogP contribution in [0.25, 0.3) is 11.1 Å². The van der Waals surface area contributed by atoms with Gasteiger partial charge in [0.05, 0.1) is 5.56 Å². The van der Waals surface area contributed by atoms with Crippen molar-refractivity contribution < 1.29 is 38.1 Å². The summed E-state index contributed by atoms with van der Waals surface area (Å²) < 4.78 is 33.2. The van der Waals surface area contributed by atoms with Crippen LogP contribution in [0.4, 0.5) is 0 Å². The first-order valence-corrected chi connectivity index (χ1v) is 11.9. The third kappa shape index (κ3) is 6.17. The predicted octanol–water partition coefficient (Wildman–Crippen LogP) is 2.03. The fourth-order valence-electron chi connectivity index (χ4n) is 3.42. The second-order valence-electron chi connectivity index (χ2n) is 7.60. The molecule has 0 aliphatic heterocycles. The number of nitrogens with two attached hydrogens (primary N) is 1. The van der Waals surface area contributed by atoms with Gasteiger partial charge in [-0.15, -0.1) is 0 Å². The van der Waals surface area contributed by atoms with Crippen molar-refractivity contribution in [2.75, 3.05) is 13.2 Å². The van der Waals surface area contributed by atoms with E-state index in [0.29, 0.717) is 16.7 Å². The lowest BCUT2D eigenvalue weighted by molar-refractivity contribution is -0.139. The Kier molecular flexibility index (Phi) is 7.92. The van der Waals surface area contributed by atoms with Gasteiger partial charge in [0.2, 0.25) is 10.0 Å². The van der Waals surface area contributed by atoms with Crippen LogP contribution < -0.4 is 15.2 Å². The van der Waals surface area contributed by atoms with Crippen molar-refractivity contribution in [3.8, 4) is 22.6 Å². The maximum absolute atomic E-state index is 12.7. The molecule has 7 N–H and O–H groups in total. The van der Waals surface area contributed by atoms with Crippen molar-refractivity contribution >= 4 is 27.8 Å². The number of aromatic hydroxyl groups is 1. The smallest absolute Gasteiger partial charge is 0.341 e. The van der Waals surface area contributed by atoms with Crippen LogP contribution in [0.15, 0.2) is 65.6 Å². The van der Waals surface area contributed by atoms with Gasteiger partial charge in [-0.05, 0) is 53.4 Å². The van der Waals surface area contributed by atoms with E-state index in [-0.39, 0.29) is 35.7 Å². The van der Waals surface area contributed by atoms with Crippen LogP contribution in [0.2, 0.25) is 0 Å². The molecule has 0 aromatic heterocycles. The summed E-state index contributed by atoms with van der Waals surface area (Å²) in [4.78, 5) is 22.2. The van der Waals surface area contributed by atoms with E-state index in [9.17, 15) is 28.2 Å². The number of hydrogen-bond donors (Lipinski definition) is 6. The lowest BCUT2D eigenvalue weighted by Crippen LogP contribution is -2.26. The molecule has 0 bridgehead atoms. The molecule has 11 nitrogen and oxygen atoms in total.